The Morgan fingerprint density at radius 3 is 2.84 bits per heavy atom. The third-order valence-corrected chi connectivity index (χ3v) is 3.49. The van der Waals surface area contributed by atoms with Crippen molar-refractivity contribution in [3.05, 3.63) is 35.1 Å². The maximum Gasteiger partial charge on any atom is 0.265 e. The van der Waals surface area contributed by atoms with Crippen molar-refractivity contribution < 1.29 is 9.18 Å². The van der Waals surface area contributed by atoms with E-state index in [1.165, 1.54) is 25.0 Å². The summed E-state index contributed by atoms with van der Waals surface area (Å²) in [5.74, 6) is 5.18. The molecular weight excluding hydrogens is 245 g/mol. The van der Waals surface area contributed by atoms with Crippen molar-refractivity contribution in [2.24, 2.45) is 11.8 Å². The second-order valence-electron chi connectivity index (χ2n) is 5.05. The zero-order valence-electron chi connectivity index (χ0n) is 11.2. The first-order valence-electron chi connectivity index (χ1n) is 6.65. The fourth-order valence-electron chi connectivity index (χ4n) is 2.13. The van der Waals surface area contributed by atoms with Gasteiger partial charge in [-0.2, -0.15) is 0 Å². The minimum atomic E-state index is -0.397. The summed E-state index contributed by atoms with van der Waals surface area (Å²) in [6, 6.07) is 4.34. The molecule has 0 bridgehead atoms. The molecule has 1 aliphatic rings. The normalized spacial score (nSPS) is 14.7. The van der Waals surface area contributed by atoms with Crippen LogP contribution in [0.25, 0.3) is 0 Å². The molecule has 1 aromatic rings. The van der Waals surface area contributed by atoms with Gasteiger partial charge in [0.2, 0.25) is 0 Å². The molecule has 19 heavy (non-hydrogen) atoms. The SMILES string of the molecule is CCN(Cc1cc(C(=O)NN)ccc1F)CC1CC1. The van der Waals surface area contributed by atoms with Gasteiger partial charge in [0, 0.05) is 24.2 Å². The molecule has 5 heteroatoms. The Balaban J connectivity index is 2.10. The van der Waals surface area contributed by atoms with Gasteiger partial charge >= 0.3 is 0 Å². The molecular formula is C14H20FN3O. The molecule has 1 aromatic carbocycles. The number of hydrogen-bond acceptors (Lipinski definition) is 3. The number of amides is 1. The largest absolute Gasteiger partial charge is 0.299 e. The van der Waals surface area contributed by atoms with Crippen LogP contribution in [0.3, 0.4) is 0 Å². The standard InChI is InChI=1S/C14H20FN3O/c1-2-18(8-10-3-4-10)9-12-7-11(14(19)17-16)5-6-13(12)15/h5-7,10H,2-4,8-9,16H2,1H3,(H,17,19). The Morgan fingerprint density at radius 1 is 1.53 bits per heavy atom. The number of rotatable bonds is 6. The second kappa shape index (κ2) is 6.12. The Hall–Kier alpha value is -1.46. The zero-order valence-corrected chi connectivity index (χ0v) is 11.2. The highest BCUT2D eigenvalue weighted by Gasteiger charge is 2.24. The Labute approximate surface area is 112 Å². The van der Waals surface area contributed by atoms with Crippen LogP contribution in [0.15, 0.2) is 18.2 Å². The highest BCUT2D eigenvalue weighted by Crippen LogP contribution is 2.30. The molecule has 1 amide bonds. The number of nitrogen functional groups attached to an aromatic ring is 1. The van der Waals surface area contributed by atoms with Crippen molar-refractivity contribution in [2.75, 3.05) is 13.1 Å². The van der Waals surface area contributed by atoms with Gasteiger partial charge in [0.15, 0.2) is 0 Å². The molecule has 4 nitrogen and oxygen atoms in total. The van der Waals surface area contributed by atoms with Gasteiger partial charge in [0.05, 0.1) is 0 Å². The minimum Gasteiger partial charge on any atom is -0.299 e. The Morgan fingerprint density at radius 2 is 2.26 bits per heavy atom. The monoisotopic (exact) mass is 265 g/mol. The zero-order chi connectivity index (χ0) is 13.8. The van der Waals surface area contributed by atoms with Crippen LogP contribution in [-0.4, -0.2) is 23.9 Å². The van der Waals surface area contributed by atoms with E-state index in [1.807, 2.05) is 0 Å². The summed E-state index contributed by atoms with van der Waals surface area (Å²) >= 11 is 0. The number of halogens is 1. The summed E-state index contributed by atoms with van der Waals surface area (Å²) in [6.45, 7) is 4.48. The highest BCUT2D eigenvalue weighted by molar-refractivity contribution is 5.93. The number of nitrogens with one attached hydrogen (secondary N) is 1. The van der Waals surface area contributed by atoms with Crippen LogP contribution in [0.1, 0.15) is 35.7 Å². The van der Waals surface area contributed by atoms with Crippen LogP contribution in [0.5, 0.6) is 0 Å². The van der Waals surface area contributed by atoms with Crippen LogP contribution >= 0.6 is 0 Å². The van der Waals surface area contributed by atoms with Gasteiger partial charge in [-0.25, -0.2) is 10.2 Å². The Bertz CT molecular complexity index is 460. The average molecular weight is 265 g/mol. The topological polar surface area (TPSA) is 58.4 Å². The minimum absolute atomic E-state index is 0.275. The summed E-state index contributed by atoms with van der Waals surface area (Å²) in [5.41, 5.74) is 3.00. The number of hydrazine groups is 1. The predicted molar refractivity (Wildman–Crippen MR) is 71.7 cm³/mol. The van der Waals surface area contributed by atoms with Crippen LogP contribution in [0, 0.1) is 11.7 Å². The first-order valence-corrected chi connectivity index (χ1v) is 6.65. The lowest BCUT2D eigenvalue weighted by atomic mass is 10.1. The third kappa shape index (κ3) is 3.75. The smallest absolute Gasteiger partial charge is 0.265 e. The molecule has 0 aliphatic heterocycles. The molecule has 0 saturated heterocycles. The van der Waals surface area contributed by atoms with Crippen LogP contribution in [0.4, 0.5) is 4.39 Å². The van der Waals surface area contributed by atoms with E-state index in [0.717, 1.165) is 19.0 Å². The van der Waals surface area contributed by atoms with E-state index in [4.69, 9.17) is 5.84 Å². The van der Waals surface area contributed by atoms with Gasteiger partial charge in [-0.1, -0.05) is 6.92 Å². The molecule has 1 fully saturated rings. The molecule has 1 aliphatic carbocycles. The highest BCUT2D eigenvalue weighted by atomic mass is 19.1. The Kier molecular flexibility index (Phi) is 4.50. The summed E-state index contributed by atoms with van der Waals surface area (Å²) < 4.78 is 13.8. The fourth-order valence-corrected chi connectivity index (χ4v) is 2.13. The fraction of sp³-hybridized carbons (Fsp3) is 0.500. The molecule has 3 N–H and O–H groups in total. The molecule has 0 heterocycles. The maximum absolute atomic E-state index is 13.8. The van der Waals surface area contributed by atoms with Gasteiger partial charge in [0.1, 0.15) is 5.82 Å². The molecule has 0 atom stereocenters. The van der Waals surface area contributed by atoms with E-state index in [2.05, 4.69) is 17.2 Å². The first kappa shape index (κ1) is 14.0. The van der Waals surface area contributed by atoms with E-state index >= 15 is 0 Å². The third-order valence-electron chi connectivity index (χ3n) is 3.49. The van der Waals surface area contributed by atoms with E-state index in [9.17, 15) is 9.18 Å². The predicted octanol–water partition coefficient (Wildman–Crippen LogP) is 1.66. The lowest BCUT2D eigenvalue weighted by Gasteiger charge is -2.20. The lowest BCUT2D eigenvalue weighted by molar-refractivity contribution is 0.0953. The van der Waals surface area contributed by atoms with E-state index in [-0.39, 0.29) is 5.82 Å². The number of carbonyl (C=O) groups is 1. The van der Waals surface area contributed by atoms with E-state index in [0.29, 0.717) is 17.7 Å². The van der Waals surface area contributed by atoms with Gasteiger partial charge in [-0.3, -0.25) is 15.1 Å². The number of nitrogens with two attached hydrogens (primary N) is 1. The van der Waals surface area contributed by atoms with Gasteiger partial charge in [-0.05, 0) is 43.5 Å². The summed E-state index contributed by atoms with van der Waals surface area (Å²) in [7, 11) is 0. The van der Waals surface area contributed by atoms with E-state index in [1.54, 1.807) is 6.07 Å². The number of carbonyl (C=O) groups excluding carboxylic acids is 1. The maximum atomic E-state index is 13.8. The van der Waals surface area contributed by atoms with Crippen LogP contribution in [0.2, 0.25) is 0 Å². The van der Waals surface area contributed by atoms with Crippen molar-refractivity contribution in [3.63, 3.8) is 0 Å². The second-order valence-corrected chi connectivity index (χ2v) is 5.05. The van der Waals surface area contributed by atoms with Gasteiger partial charge in [0.25, 0.3) is 5.91 Å². The van der Waals surface area contributed by atoms with Crippen molar-refractivity contribution in [1.29, 1.82) is 0 Å². The van der Waals surface area contributed by atoms with Gasteiger partial charge < -0.3 is 0 Å². The van der Waals surface area contributed by atoms with E-state index < -0.39 is 5.91 Å². The van der Waals surface area contributed by atoms with Crippen molar-refractivity contribution >= 4 is 5.91 Å². The van der Waals surface area contributed by atoms with Crippen molar-refractivity contribution in [2.45, 2.75) is 26.3 Å². The molecule has 1 saturated carbocycles. The molecule has 0 aromatic heterocycles. The van der Waals surface area contributed by atoms with Crippen LogP contribution in [-0.2, 0) is 6.54 Å². The summed E-state index contributed by atoms with van der Waals surface area (Å²) in [5, 5.41) is 0. The molecule has 104 valence electrons. The first-order chi connectivity index (χ1) is 9.13. The number of nitrogens with zero attached hydrogens (tertiary/aromatic N) is 1. The molecule has 0 unspecified atom stereocenters. The van der Waals surface area contributed by atoms with Gasteiger partial charge in [-0.15, -0.1) is 0 Å². The lowest BCUT2D eigenvalue weighted by Crippen LogP contribution is -2.30. The quantitative estimate of drug-likeness (QED) is 0.467. The van der Waals surface area contributed by atoms with Crippen LogP contribution < -0.4 is 11.3 Å². The molecule has 2 rings (SSSR count). The summed E-state index contributed by atoms with van der Waals surface area (Å²) in [4.78, 5) is 13.7. The van der Waals surface area contributed by atoms with Crippen molar-refractivity contribution in [3.8, 4) is 0 Å². The van der Waals surface area contributed by atoms with Crippen molar-refractivity contribution in [1.82, 2.24) is 10.3 Å². The molecule has 0 radical (unpaired) electrons. The summed E-state index contributed by atoms with van der Waals surface area (Å²) in [6.07, 6.45) is 2.54. The average Bonchev–Trinajstić information content (AvgIpc) is 3.23. The number of benzene rings is 1. The molecule has 0 spiro atoms. The number of hydrogen-bond donors (Lipinski definition) is 2.